The van der Waals surface area contributed by atoms with Gasteiger partial charge in [0.2, 0.25) is 11.9 Å². The quantitative estimate of drug-likeness (QED) is 0.261. The smallest absolute Gasteiger partial charge is 0.229 e. The molecule has 1 aliphatic heterocycles. The van der Waals surface area contributed by atoms with Gasteiger partial charge in [-0.1, -0.05) is 72.3 Å². The number of benzene rings is 3. The van der Waals surface area contributed by atoms with Crippen LogP contribution in [0.25, 0.3) is 11.2 Å². The summed E-state index contributed by atoms with van der Waals surface area (Å²) in [5, 5.41) is 4.15. The Kier molecular flexibility index (Phi) is 8.18. The maximum absolute atomic E-state index is 13.1. The number of amides is 1. The zero-order chi connectivity index (χ0) is 28.9. The van der Waals surface area contributed by atoms with Crippen LogP contribution in [-0.2, 0) is 24.3 Å². The molecule has 6 rings (SSSR count). The van der Waals surface area contributed by atoms with Crippen molar-refractivity contribution in [3.05, 3.63) is 107 Å². The molecule has 1 saturated heterocycles. The van der Waals surface area contributed by atoms with E-state index in [0.29, 0.717) is 68.0 Å². The zero-order valence-corrected chi connectivity index (χ0v) is 24.2. The summed E-state index contributed by atoms with van der Waals surface area (Å²) >= 11 is 6.42. The number of rotatable bonds is 9. The molecule has 0 saturated carbocycles. The summed E-state index contributed by atoms with van der Waals surface area (Å²) in [7, 11) is 1.63. The summed E-state index contributed by atoms with van der Waals surface area (Å²) in [6.45, 7) is 3.59. The molecule has 0 radical (unpaired) electrons. The fraction of sp³-hybridized carbons (Fsp3) is 0.250. The number of methoxy groups -OCH3 is 1. The molecule has 5 aromatic rings. The fourth-order valence-corrected chi connectivity index (χ4v) is 5.34. The second-order valence-electron chi connectivity index (χ2n) is 10.2. The third-order valence-corrected chi connectivity index (χ3v) is 7.83. The molecule has 0 bridgehead atoms. The largest absolute Gasteiger partial charge is 0.497 e. The van der Waals surface area contributed by atoms with Crippen LogP contribution in [-0.4, -0.2) is 63.6 Å². The average molecular weight is 582 g/mol. The number of ether oxygens (including phenoxy) is 1. The van der Waals surface area contributed by atoms with Gasteiger partial charge in [0.1, 0.15) is 5.75 Å². The van der Waals surface area contributed by atoms with E-state index in [-0.39, 0.29) is 5.91 Å². The highest BCUT2D eigenvalue weighted by Crippen LogP contribution is 2.26. The van der Waals surface area contributed by atoms with Crippen molar-refractivity contribution in [1.82, 2.24) is 24.4 Å². The Balaban J connectivity index is 1.22. The number of carbonyl (C=O) groups excluding carboxylic acids is 1. The molecule has 3 heterocycles. The molecule has 3 aromatic carbocycles. The minimum absolute atomic E-state index is 0.0994. The van der Waals surface area contributed by atoms with Crippen molar-refractivity contribution in [1.29, 1.82) is 0 Å². The van der Waals surface area contributed by atoms with Crippen molar-refractivity contribution < 1.29 is 9.53 Å². The lowest BCUT2D eigenvalue weighted by molar-refractivity contribution is -0.130. The third-order valence-electron chi connectivity index (χ3n) is 7.46. The number of aromatic nitrogens is 4. The highest BCUT2D eigenvalue weighted by atomic mass is 35.5. The van der Waals surface area contributed by atoms with E-state index >= 15 is 0 Å². The second kappa shape index (κ2) is 12.5. The van der Waals surface area contributed by atoms with Crippen LogP contribution in [0.1, 0.15) is 16.7 Å². The van der Waals surface area contributed by atoms with E-state index in [0.717, 1.165) is 28.1 Å². The standard InChI is InChI=1S/C32H32ClN7O2/c1-42-26-12-7-10-24(18-26)19-28(41)38-14-16-39(17-15-38)32-36-30(34-20-25-11-5-6-13-27(25)33)29-31(37-32)40(22-35-29)21-23-8-3-2-4-9-23/h2-13,18,22H,14-17,19-21H2,1H3,(H,34,36,37). The molecule has 1 fully saturated rings. The van der Waals surface area contributed by atoms with E-state index in [1.54, 1.807) is 7.11 Å². The highest BCUT2D eigenvalue weighted by Gasteiger charge is 2.25. The summed E-state index contributed by atoms with van der Waals surface area (Å²) in [6, 6.07) is 25.6. The molecule has 0 unspecified atom stereocenters. The Hall–Kier alpha value is -4.63. The van der Waals surface area contributed by atoms with E-state index in [1.807, 2.05) is 82.5 Å². The van der Waals surface area contributed by atoms with E-state index < -0.39 is 0 Å². The van der Waals surface area contributed by atoms with E-state index in [2.05, 4.69) is 27.3 Å². The average Bonchev–Trinajstić information content (AvgIpc) is 3.43. The number of fused-ring (bicyclic) bond motifs is 1. The van der Waals surface area contributed by atoms with Crippen LogP contribution in [0, 0.1) is 0 Å². The lowest BCUT2D eigenvalue weighted by Gasteiger charge is -2.35. The summed E-state index contributed by atoms with van der Waals surface area (Å²) < 4.78 is 7.35. The van der Waals surface area contributed by atoms with Gasteiger partial charge in [0.05, 0.1) is 26.4 Å². The lowest BCUT2D eigenvalue weighted by Crippen LogP contribution is -2.49. The van der Waals surface area contributed by atoms with Crippen molar-refractivity contribution in [2.45, 2.75) is 19.5 Å². The summed E-state index contributed by atoms with van der Waals surface area (Å²) in [5.74, 6) is 2.11. The second-order valence-corrected chi connectivity index (χ2v) is 10.7. The van der Waals surface area contributed by atoms with Gasteiger partial charge in [-0.15, -0.1) is 0 Å². The number of nitrogens with one attached hydrogen (secondary N) is 1. The number of anilines is 2. The van der Waals surface area contributed by atoms with Gasteiger partial charge >= 0.3 is 0 Å². The predicted octanol–water partition coefficient (Wildman–Crippen LogP) is 5.04. The Bertz CT molecular complexity index is 1680. The Morgan fingerprint density at radius 3 is 2.48 bits per heavy atom. The summed E-state index contributed by atoms with van der Waals surface area (Å²) in [6.07, 6.45) is 2.15. The zero-order valence-electron chi connectivity index (χ0n) is 23.4. The molecule has 0 spiro atoms. The van der Waals surface area contributed by atoms with Gasteiger partial charge in [-0.2, -0.15) is 9.97 Å². The van der Waals surface area contributed by atoms with Gasteiger partial charge in [-0.3, -0.25) is 4.79 Å². The first-order valence-electron chi connectivity index (χ1n) is 14.0. The Morgan fingerprint density at radius 2 is 1.69 bits per heavy atom. The minimum Gasteiger partial charge on any atom is -0.497 e. The number of halogens is 1. The predicted molar refractivity (Wildman–Crippen MR) is 165 cm³/mol. The first-order chi connectivity index (χ1) is 20.6. The topological polar surface area (TPSA) is 88.4 Å². The number of hydrogen-bond donors (Lipinski definition) is 1. The van der Waals surface area contributed by atoms with Gasteiger partial charge in [0, 0.05) is 37.7 Å². The van der Waals surface area contributed by atoms with Gasteiger partial charge in [-0.25, -0.2) is 4.98 Å². The molecule has 214 valence electrons. The van der Waals surface area contributed by atoms with Crippen molar-refractivity contribution in [2.75, 3.05) is 43.5 Å². The van der Waals surface area contributed by atoms with Crippen LogP contribution in [0.3, 0.4) is 0 Å². The fourth-order valence-electron chi connectivity index (χ4n) is 5.14. The van der Waals surface area contributed by atoms with Crippen LogP contribution >= 0.6 is 11.6 Å². The first kappa shape index (κ1) is 27.5. The van der Waals surface area contributed by atoms with E-state index in [1.165, 1.54) is 0 Å². The Labute approximate surface area is 249 Å². The molecular weight excluding hydrogens is 550 g/mol. The Morgan fingerprint density at radius 1 is 0.929 bits per heavy atom. The number of imidazole rings is 1. The molecular formula is C32H32ClN7O2. The lowest BCUT2D eigenvalue weighted by atomic mass is 10.1. The van der Waals surface area contributed by atoms with Crippen molar-refractivity contribution in [3.63, 3.8) is 0 Å². The monoisotopic (exact) mass is 581 g/mol. The summed E-state index contributed by atoms with van der Waals surface area (Å²) in [5.41, 5.74) is 4.53. The van der Waals surface area contributed by atoms with Crippen molar-refractivity contribution in [2.24, 2.45) is 0 Å². The minimum atomic E-state index is 0.0994. The van der Waals surface area contributed by atoms with Crippen LogP contribution in [0.4, 0.5) is 11.8 Å². The molecule has 1 aliphatic rings. The molecule has 9 nitrogen and oxygen atoms in total. The maximum Gasteiger partial charge on any atom is 0.229 e. The molecule has 0 atom stereocenters. The van der Waals surface area contributed by atoms with Crippen LogP contribution in [0.2, 0.25) is 5.02 Å². The molecule has 1 N–H and O–H groups in total. The normalized spacial score (nSPS) is 13.4. The van der Waals surface area contributed by atoms with Gasteiger partial charge < -0.3 is 24.4 Å². The van der Waals surface area contributed by atoms with Crippen molar-refractivity contribution >= 4 is 40.4 Å². The summed E-state index contributed by atoms with van der Waals surface area (Å²) in [4.78, 5) is 31.7. The molecule has 1 amide bonds. The van der Waals surface area contributed by atoms with E-state index in [4.69, 9.17) is 26.3 Å². The van der Waals surface area contributed by atoms with E-state index in [9.17, 15) is 4.79 Å². The van der Waals surface area contributed by atoms with Crippen molar-refractivity contribution in [3.8, 4) is 5.75 Å². The van der Waals surface area contributed by atoms with Gasteiger partial charge in [0.25, 0.3) is 0 Å². The van der Waals surface area contributed by atoms with Crippen LogP contribution in [0.5, 0.6) is 5.75 Å². The molecule has 2 aromatic heterocycles. The molecule has 42 heavy (non-hydrogen) atoms. The number of piperazine rings is 1. The third kappa shape index (κ3) is 6.16. The van der Waals surface area contributed by atoms with Crippen LogP contribution < -0.4 is 15.0 Å². The number of nitrogens with zero attached hydrogens (tertiary/aromatic N) is 6. The SMILES string of the molecule is COc1cccc(CC(=O)N2CCN(c3nc(NCc4ccccc4Cl)c4ncn(Cc5ccccc5)c4n3)CC2)c1. The van der Waals surface area contributed by atoms with Gasteiger partial charge in [-0.05, 0) is 34.9 Å². The highest BCUT2D eigenvalue weighted by molar-refractivity contribution is 6.31. The molecule has 10 heteroatoms. The maximum atomic E-state index is 13.1. The number of hydrogen-bond acceptors (Lipinski definition) is 7. The van der Waals surface area contributed by atoms with Gasteiger partial charge in [0.15, 0.2) is 17.0 Å². The van der Waals surface area contributed by atoms with Crippen LogP contribution in [0.15, 0.2) is 85.2 Å². The number of carbonyl (C=O) groups is 1. The first-order valence-corrected chi connectivity index (χ1v) is 14.3. The molecule has 0 aliphatic carbocycles.